The third-order valence-electron chi connectivity index (χ3n) is 1.66. The summed E-state index contributed by atoms with van der Waals surface area (Å²) < 4.78 is 0.777. The second-order valence-electron chi connectivity index (χ2n) is 3.17. The molecule has 0 saturated heterocycles. The standard InChI is InChI=1S/C8H7Cl2N5S2/c1-15(2)7-13-14-8(17-7)16-4-3-5(9)11-12-6(4)10/h3H,1-2H3. The Morgan fingerprint density at radius 3 is 2.59 bits per heavy atom. The fourth-order valence-corrected chi connectivity index (χ4v) is 3.07. The van der Waals surface area contributed by atoms with Crippen molar-refractivity contribution in [3.8, 4) is 0 Å². The summed E-state index contributed by atoms with van der Waals surface area (Å²) in [5.74, 6) is 0. The summed E-state index contributed by atoms with van der Waals surface area (Å²) in [5, 5.41) is 16.9. The quantitative estimate of drug-likeness (QED) is 0.869. The smallest absolute Gasteiger partial charge is 0.208 e. The summed E-state index contributed by atoms with van der Waals surface area (Å²) in [4.78, 5) is 2.61. The van der Waals surface area contributed by atoms with Gasteiger partial charge in [-0.3, -0.25) is 0 Å². The van der Waals surface area contributed by atoms with Crippen LogP contribution < -0.4 is 4.90 Å². The van der Waals surface area contributed by atoms with Crippen molar-refractivity contribution in [3.05, 3.63) is 16.4 Å². The summed E-state index contributed by atoms with van der Waals surface area (Å²) in [6, 6.07) is 1.65. The predicted octanol–water partition coefficient (Wildman–Crippen LogP) is 2.85. The summed E-state index contributed by atoms with van der Waals surface area (Å²) in [6.07, 6.45) is 0. The molecule has 9 heteroatoms. The molecule has 0 unspecified atom stereocenters. The van der Waals surface area contributed by atoms with Gasteiger partial charge in [0.05, 0.1) is 4.90 Å². The van der Waals surface area contributed by atoms with Gasteiger partial charge in [-0.2, -0.15) is 0 Å². The lowest BCUT2D eigenvalue weighted by atomic mass is 10.6. The van der Waals surface area contributed by atoms with Gasteiger partial charge >= 0.3 is 0 Å². The minimum Gasteiger partial charge on any atom is -0.353 e. The Labute approximate surface area is 116 Å². The van der Waals surface area contributed by atoms with E-state index in [0.29, 0.717) is 15.2 Å². The van der Waals surface area contributed by atoms with Gasteiger partial charge in [-0.1, -0.05) is 46.3 Å². The first-order valence-electron chi connectivity index (χ1n) is 4.43. The fourth-order valence-electron chi connectivity index (χ4n) is 0.928. The molecule has 0 fully saturated rings. The normalized spacial score (nSPS) is 10.6. The van der Waals surface area contributed by atoms with Crippen LogP contribution in [-0.4, -0.2) is 34.5 Å². The van der Waals surface area contributed by atoms with Crippen LogP contribution in [0.4, 0.5) is 5.13 Å². The zero-order valence-electron chi connectivity index (χ0n) is 8.89. The molecule has 0 aliphatic carbocycles. The Morgan fingerprint density at radius 1 is 1.18 bits per heavy atom. The molecule has 0 saturated carbocycles. The van der Waals surface area contributed by atoms with E-state index in [2.05, 4.69) is 20.4 Å². The van der Waals surface area contributed by atoms with Crippen LogP contribution >= 0.6 is 46.3 Å². The number of rotatable bonds is 3. The van der Waals surface area contributed by atoms with E-state index < -0.39 is 0 Å². The zero-order valence-corrected chi connectivity index (χ0v) is 12.0. The van der Waals surface area contributed by atoms with E-state index in [-0.39, 0.29) is 0 Å². The van der Waals surface area contributed by atoms with Crippen LogP contribution in [-0.2, 0) is 0 Å². The molecule has 17 heavy (non-hydrogen) atoms. The second kappa shape index (κ2) is 5.34. The average Bonchev–Trinajstić information content (AvgIpc) is 2.72. The van der Waals surface area contributed by atoms with Crippen molar-refractivity contribution in [2.45, 2.75) is 9.24 Å². The Hall–Kier alpha value is -0.630. The van der Waals surface area contributed by atoms with Gasteiger partial charge in [0.1, 0.15) is 0 Å². The van der Waals surface area contributed by atoms with Crippen LogP contribution in [0.1, 0.15) is 0 Å². The molecule has 0 spiro atoms. The molecule has 0 amide bonds. The number of hydrogen-bond acceptors (Lipinski definition) is 7. The highest BCUT2D eigenvalue weighted by atomic mass is 35.5. The first-order valence-corrected chi connectivity index (χ1v) is 6.82. The van der Waals surface area contributed by atoms with E-state index in [1.54, 1.807) is 6.07 Å². The Kier molecular flexibility index (Phi) is 4.03. The molecule has 0 aromatic carbocycles. The maximum atomic E-state index is 5.91. The van der Waals surface area contributed by atoms with Crippen LogP contribution in [0.3, 0.4) is 0 Å². The number of nitrogens with zero attached hydrogens (tertiary/aromatic N) is 5. The lowest BCUT2D eigenvalue weighted by molar-refractivity contribution is 0.968. The van der Waals surface area contributed by atoms with Crippen molar-refractivity contribution < 1.29 is 0 Å². The summed E-state index contributed by atoms with van der Waals surface area (Å²) >= 11 is 14.5. The SMILES string of the molecule is CN(C)c1nnc(Sc2cc(Cl)nnc2Cl)s1. The Balaban J connectivity index is 2.22. The predicted molar refractivity (Wildman–Crippen MR) is 70.4 cm³/mol. The number of halogens is 2. The summed E-state index contributed by atoms with van der Waals surface area (Å²) in [7, 11) is 3.82. The van der Waals surface area contributed by atoms with Gasteiger partial charge in [0.15, 0.2) is 14.6 Å². The van der Waals surface area contributed by atoms with Crippen molar-refractivity contribution >= 4 is 51.4 Å². The highest BCUT2D eigenvalue weighted by molar-refractivity contribution is 8.01. The van der Waals surface area contributed by atoms with Gasteiger partial charge in [-0.05, 0) is 6.07 Å². The van der Waals surface area contributed by atoms with Crippen LogP contribution in [0.5, 0.6) is 0 Å². The molecule has 0 atom stereocenters. The van der Waals surface area contributed by atoms with Gasteiger partial charge in [0.2, 0.25) is 5.13 Å². The maximum Gasteiger partial charge on any atom is 0.208 e. The number of anilines is 1. The summed E-state index contributed by atoms with van der Waals surface area (Å²) in [5.41, 5.74) is 0. The van der Waals surface area contributed by atoms with Crippen LogP contribution in [0.25, 0.3) is 0 Å². The third-order valence-corrected chi connectivity index (χ3v) is 4.41. The lowest BCUT2D eigenvalue weighted by Crippen LogP contribution is -2.07. The van der Waals surface area contributed by atoms with Gasteiger partial charge < -0.3 is 4.90 Å². The molecule has 2 aromatic rings. The first kappa shape index (κ1) is 12.8. The van der Waals surface area contributed by atoms with E-state index >= 15 is 0 Å². The van der Waals surface area contributed by atoms with Crippen LogP contribution in [0, 0.1) is 0 Å². The van der Waals surface area contributed by atoms with Gasteiger partial charge in [0.25, 0.3) is 0 Å². The monoisotopic (exact) mass is 307 g/mol. The molecule has 5 nitrogen and oxygen atoms in total. The van der Waals surface area contributed by atoms with Gasteiger partial charge in [0, 0.05) is 14.1 Å². The maximum absolute atomic E-state index is 5.91. The highest BCUT2D eigenvalue weighted by Crippen LogP contribution is 2.36. The Morgan fingerprint density at radius 2 is 1.94 bits per heavy atom. The molecule has 2 aromatic heterocycles. The van der Waals surface area contributed by atoms with Crippen LogP contribution in [0.2, 0.25) is 10.3 Å². The number of aromatic nitrogens is 4. The largest absolute Gasteiger partial charge is 0.353 e. The molecule has 2 heterocycles. The summed E-state index contributed by atoms with van der Waals surface area (Å²) in [6.45, 7) is 0. The topological polar surface area (TPSA) is 54.8 Å². The first-order chi connectivity index (χ1) is 8.06. The molecule has 0 aliphatic rings. The van der Waals surface area contributed by atoms with E-state index in [4.69, 9.17) is 23.2 Å². The van der Waals surface area contributed by atoms with Crippen molar-refractivity contribution in [1.82, 2.24) is 20.4 Å². The minimum atomic E-state index is 0.300. The molecular formula is C8H7Cl2N5S2. The number of hydrogen-bond donors (Lipinski definition) is 0. The second-order valence-corrected chi connectivity index (χ2v) is 6.16. The highest BCUT2D eigenvalue weighted by Gasteiger charge is 2.11. The van der Waals surface area contributed by atoms with E-state index in [9.17, 15) is 0 Å². The van der Waals surface area contributed by atoms with Crippen molar-refractivity contribution in [1.29, 1.82) is 0 Å². The molecule has 90 valence electrons. The zero-order chi connectivity index (χ0) is 12.4. The van der Waals surface area contributed by atoms with E-state index in [0.717, 1.165) is 9.47 Å². The molecule has 0 aliphatic heterocycles. The van der Waals surface area contributed by atoms with Gasteiger partial charge in [-0.15, -0.1) is 20.4 Å². The fraction of sp³-hybridized carbons (Fsp3) is 0.250. The van der Waals surface area contributed by atoms with Crippen molar-refractivity contribution in [3.63, 3.8) is 0 Å². The van der Waals surface area contributed by atoms with Gasteiger partial charge in [-0.25, -0.2) is 0 Å². The van der Waals surface area contributed by atoms with Crippen LogP contribution in [0.15, 0.2) is 15.3 Å². The molecule has 0 bridgehead atoms. The molecule has 0 N–H and O–H groups in total. The lowest BCUT2D eigenvalue weighted by Gasteiger charge is -2.03. The van der Waals surface area contributed by atoms with Crippen molar-refractivity contribution in [2.75, 3.05) is 19.0 Å². The minimum absolute atomic E-state index is 0.300. The molecule has 0 radical (unpaired) electrons. The van der Waals surface area contributed by atoms with E-state index in [1.807, 2.05) is 19.0 Å². The molecular weight excluding hydrogens is 301 g/mol. The Bertz CT molecular complexity index is 530. The van der Waals surface area contributed by atoms with Crippen molar-refractivity contribution in [2.24, 2.45) is 0 Å². The average molecular weight is 308 g/mol. The molecule has 2 rings (SSSR count). The third kappa shape index (κ3) is 3.19. The van der Waals surface area contributed by atoms with E-state index in [1.165, 1.54) is 23.1 Å².